The molecule has 1 atom stereocenters. The lowest BCUT2D eigenvalue weighted by Gasteiger charge is -2.22. The van der Waals surface area contributed by atoms with Gasteiger partial charge in [0.05, 0.1) is 5.69 Å². The summed E-state index contributed by atoms with van der Waals surface area (Å²) >= 11 is 0. The summed E-state index contributed by atoms with van der Waals surface area (Å²) in [6.07, 6.45) is 1.50. The average molecular weight is 226 g/mol. The van der Waals surface area contributed by atoms with Gasteiger partial charge < -0.3 is 9.26 Å². The molecule has 0 bridgehead atoms. The lowest BCUT2D eigenvalue weighted by atomic mass is 10.2. The minimum Gasteiger partial charge on any atom is -0.459 e. The highest BCUT2D eigenvalue weighted by Gasteiger charge is 2.21. The average Bonchev–Trinajstić information content (AvgIpc) is 2.63. The van der Waals surface area contributed by atoms with Crippen molar-refractivity contribution in [2.75, 3.05) is 0 Å². The molecule has 90 valence electrons. The highest BCUT2D eigenvalue weighted by Crippen LogP contribution is 2.08. The first-order valence-corrected chi connectivity index (χ1v) is 5.24. The van der Waals surface area contributed by atoms with Gasteiger partial charge in [-0.05, 0) is 27.7 Å². The molecule has 1 aromatic rings. The second-order valence-corrected chi connectivity index (χ2v) is 4.63. The van der Waals surface area contributed by atoms with E-state index in [0.717, 1.165) is 5.69 Å². The van der Waals surface area contributed by atoms with E-state index in [2.05, 4.69) is 15.0 Å². The topological polar surface area (TPSA) is 64.4 Å². The Bertz CT molecular complexity index is 327. The van der Waals surface area contributed by atoms with Crippen molar-refractivity contribution in [3.05, 3.63) is 18.0 Å². The van der Waals surface area contributed by atoms with Crippen LogP contribution in [0.25, 0.3) is 0 Å². The van der Waals surface area contributed by atoms with Crippen molar-refractivity contribution in [2.24, 2.45) is 0 Å². The van der Waals surface area contributed by atoms with Gasteiger partial charge in [0.1, 0.15) is 17.9 Å². The van der Waals surface area contributed by atoms with Gasteiger partial charge in [-0.3, -0.25) is 10.1 Å². The Morgan fingerprint density at radius 2 is 2.31 bits per heavy atom. The predicted octanol–water partition coefficient (Wildman–Crippen LogP) is 1.49. The van der Waals surface area contributed by atoms with Gasteiger partial charge in [-0.1, -0.05) is 5.16 Å². The van der Waals surface area contributed by atoms with Gasteiger partial charge >= 0.3 is 5.97 Å². The van der Waals surface area contributed by atoms with Crippen LogP contribution in [0.2, 0.25) is 0 Å². The molecule has 0 radical (unpaired) electrons. The molecule has 0 saturated carbocycles. The maximum atomic E-state index is 11.6. The molecule has 1 rings (SSSR count). The van der Waals surface area contributed by atoms with Crippen LogP contribution in [0, 0.1) is 0 Å². The molecule has 1 N–H and O–H groups in total. The lowest BCUT2D eigenvalue weighted by Crippen LogP contribution is -2.38. The van der Waals surface area contributed by atoms with Crippen LogP contribution in [0.5, 0.6) is 0 Å². The summed E-state index contributed by atoms with van der Waals surface area (Å²) in [4.78, 5) is 11.6. The summed E-state index contributed by atoms with van der Waals surface area (Å²) in [6, 6.07) is 1.38. The van der Waals surface area contributed by atoms with Gasteiger partial charge in [0.2, 0.25) is 0 Å². The van der Waals surface area contributed by atoms with Crippen LogP contribution in [0.4, 0.5) is 0 Å². The number of aromatic nitrogens is 1. The van der Waals surface area contributed by atoms with E-state index in [9.17, 15) is 4.79 Å². The molecule has 5 nitrogen and oxygen atoms in total. The number of hydrogen-bond acceptors (Lipinski definition) is 5. The Hall–Kier alpha value is -1.36. The summed E-state index contributed by atoms with van der Waals surface area (Å²) in [5, 5.41) is 6.74. The fourth-order valence-corrected chi connectivity index (χ4v) is 1.06. The number of nitrogens with one attached hydrogen (secondary N) is 1. The maximum absolute atomic E-state index is 11.6. The quantitative estimate of drug-likeness (QED) is 0.788. The minimum absolute atomic E-state index is 0.268. The van der Waals surface area contributed by atoms with Gasteiger partial charge in [-0.25, -0.2) is 0 Å². The Kier molecular flexibility index (Phi) is 4.06. The summed E-state index contributed by atoms with van der Waals surface area (Å²) in [5.74, 6) is -0.268. The van der Waals surface area contributed by atoms with E-state index in [-0.39, 0.29) is 12.0 Å². The molecule has 1 heterocycles. The molecule has 1 unspecified atom stereocenters. The first kappa shape index (κ1) is 12.7. The minimum atomic E-state index is -0.457. The zero-order valence-corrected chi connectivity index (χ0v) is 10.1. The molecule has 0 amide bonds. The molecule has 0 aromatic carbocycles. The number of hydrogen-bond donors (Lipinski definition) is 1. The number of rotatable bonds is 4. The first-order chi connectivity index (χ1) is 7.38. The van der Waals surface area contributed by atoms with Gasteiger partial charge in [0.15, 0.2) is 0 Å². The van der Waals surface area contributed by atoms with Crippen molar-refractivity contribution >= 4 is 5.97 Å². The van der Waals surface area contributed by atoms with Gasteiger partial charge in [-0.2, -0.15) is 0 Å². The molecule has 0 aliphatic carbocycles. The fraction of sp³-hybridized carbons (Fsp3) is 0.636. The van der Waals surface area contributed by atoms with Crippen molar-refractivity contribution in [1.29, 1.82) is 0 Å². The van der Waals surface area contributed by atoms with Crippen LogP contribution in [-0.4, -0.2) is 22.8 Å². The van der Waals surface area contributed by atoms with Crippen LogP contribution < -0.4 is 5.32 Å². The van der Waals surface area contributed by atoms with E-state index in [1.807, 2.05) is 20.8 Å². The van der Waals surface area contributed by atoms with E-state index < -0.39 is 5.60 Å². The molecule has 0 aliphatic heterocycles. The summed E-state index contributed by atoms with van der Waals surface area (Å²) in [5.41, 5.74) is 0.302. The normalized spacial score (nSPS) is 13.5. The SMILES string of the molecule is CC(NCc1ccon1)C(=O)OC(C)(C)C. The number of nitrogens with zero attached hydrogens (tertiary/aromatic N) is 1. The van der Waals surface area contributed by atoms with Crippen LogP contribution in [0.1, 0.15) is 33.4 Å². The molecule has 16 heavy (non-hydrogen) atoms. The zero-order valence-electron chi connectivity index (χ0n) is 10.1. The third kappa shape index (κ3) is 4.44. The number of esters is 1. The van der Waals surface area contributed by atoms with Crippen molar-refractivity contribution in [1.82, 2.24) is 10.5 Å². The van der Waals surface area contributed by atoms with Crippen molar-refractivity contribution in [3.63, 3.8) is 0 Å². The van der Waals surface area contributed by atoms with E-state index >= 15 is 0 Å². The van der Waals surface area contributed by atoms with Crippen LogP contribution in [0.3, 0.4) is 0 Å². The molecule has 0 fully saturated rings. The number of carbonyl (C=O) groups is 1. The molecule has 0 aliphatic rings. The van der Waals surface area contributed by atoms with Crippen LogP contribution >= 0.6 is 0 Å². The molecule has 0 spiro atoms. The summed E-state index contributed by atoms with van der Waals surface area (Å²) in [6.45, 7) is 7.77. The Morgan fingerprint density at radius 3 is 2.81 bits per heavy atom. The van der Waals surface area contributed by atoms with Gasteiger partial charge in [0.25, 0.3) is 0 Å². The highest BCUT2D eigenvalue weighted by atomic mass is 16.6. The first-order valence-electron chi connectivity index (χ1n) is 5.24. The van der Waals surface area contributed by atoms with Crippen molar-refractivity contribution in [3.8, 4) is 0 Å². The van der Waals surface area contributed by atoms with E-state index in [1.54, 1.807) is 13.0 Å². The second-order valence-electron chi connectivity index (χ2n) is 4.63. The third-order valence-corrected chi connectivity index (χ3v) is 1.84. The Balaban J connectivity index is 2.35. The summed E-state index contributed by atoms with van der Waals surface area (Å²) in [7, 11) is 0. The van der Waals surface area contributed by atoms with Crippen LogP contribution in [-0.2, 0) is 16.1 Å². The van der Waals surface area contributed by atoms with Gasteiger partial charge in [-0.15, -0.1) is 0 Å². The van der Waals surface area contributed by atoms with E-state index in [0.29, 0.717) is 6.54 Å². The van der Waals surface area contributed by atoms with Crippen molar-refractivity contribution < 1.29 is 14.1 Å². The molecule has 5 heteroatoms. The zero-order chi connectivity index (χ0) is 12.2. The number of carbonyl (C=O) groups excluding carboxylic acids is 1. The standard InChI is InChI=1S/C11H18N2O3/c1-8(10(14)16-11(2,3)4)12-7-9-5-6-15-13-9/h5-6,8,12H,7H2,1-4H3. The van der Waals surface area contributed by atoms with Gasteiger partial charge in [0, 0.05) is 12.6 Å². The molecule has 0 saturated heterocycles. The van der Waals surface area contributed by atoms with Crippen molar-refractivity contribution in [2.45, 2.75) is 45.9 Å². The summed E-state index contributed by atoms with van der Waals surface area (Å²) < 4.78 is 9.91. The second kappa shape index (κ2) is 5.12. The smallest absolute Gasteiger partial charge is 0.323 e. The monoisotopic (exact) mass is 226 g/mol. The lowest BCUT2D eigenvalue weighted by molar-refractivity contribution is -0.157. The molecular formula is C11H18N2O3. The highest BCUT2D eigenvalue weighted by molar-refractivity contribution is 5.75. The Morgan fingerprint density at radius 1 is 1.62 bits per heavy atom. The predicted molar refractivity (Wildman–Crippen MR) is 58.6 cm³/mol. The fourth-order valence-electron chi connectivity index (χ4n) is 1.06. The molecule has 1 aromatic heterocycles. The largest absolute Gasteiger partial charge is 0.459 e. The van der Waals surface area contributed by atoms with Crippen LogP contribution in [0.15, 0.2) is 16.9 Å². The third-order valence-electron chi connectivity index (χ3n) is 1.84. The molecular weight excluding hydrogens is 208 g/mol. The maximum Gasteiger partial charge on any atom is 0.323 e. The number of ether oxygens (including phenoxy) is 1. The van der Waals surface area contributed by atoms with E-state index in [1.165, 1.54) is 6.26 Å². The Labute approximate surface area is 95.1 Å². The van der Waals surface area contributed by atoms with E-state index in [4.69, 9.17) is 4.74 Å².